The Bertz CT molecular complexity index is 942. The van der Waals surface area contributed by atoms with E-state index in [1.807, 2.05) is 49.9 Å². The fourth-order valence-corrected chi connectivity index (χ4v) is 4.45. The van der Waals surface area contributed by atoms with E-state index in [9.17, 15) is 9.59 Å². The summed E-state index contributed by atoms with van der Waals surface area (Å²) in [4.78, 5) is 31.6. The lowest BCUT2D eigenvalue weighted by molar-refractivity contribution is -0.113. The van der Waals surface area contributed by atoms with Crippen LogP contribution in [0.25, 0.3) is 0 Å². The SMILES string of the molecule is CCOc1ccccc1NC(=O)CSc1nc(=O)n(CCN(C)C)c2c1CCCC2. The number of aromatic nitrogens is 2. The van der Waals surface area contributed by atoms with Gasteiger partial charge in [0, 0.05) is 24.3 Å². The molecule has 3 rings (SSSR count). The first-order valence-corrected chi connectivity index (χ1v) is 11.4. The van der Waals surface area contributed by atoms with Crippen molar-refractivity contribution in [3.05, 3.63) is 46.0 Å². The summed E-state index contributed by atoms with van der Waals surface area (Å²) in [6, 6.07) is 7.38. The van der Waals surface area contributed by atoms with Crippen LogP contribution in [0.1, 0.15) is 31.0 Å². The number of nitrogens with one attached hydrogen (secondary N) is 1. The second-order valence-corrected chi connectivity index (χ2v) is 8.52. The van der Waals surface area contributed by atoms with Gasteiger partial charge in [-0.2, -0.15) is 4.98 Å². The molecule has 1 N–H and O–H groups in total. The first-order valence-electron chi connectivity index (χ1n) is 10.4. The van der Waals surface area contributed by atoms with Gasteiger partial charge in [0.1, 0.15) is 10.8 Å². The molecule has 1 aliphatic rings. The van der Waals surface area contributed by atoms with Crippen molar-refractivity contribution >= 4 is 23.4 Å². The molecule has 2 aromatic rings. The number of hydrogen-bond donors (Lipinski definition) is 1. The summed E-state index contributed by atoms with van der Waals surface area (Å²) in [5.74, 6) is 0.703. The molecule has 0 spiro atoms. The van der Waals surface area contributed by atoms with Gasteiger partial charge in [0.15, 0.2) is 0 Å². The zero-order valence-corrected chi connectivity index (χ0v) is 18.8. The van der Waals surface area contributed by atoms with Crippen LogP contribution in [0.15, 0.2) is 34.1 Å². The van der Waals surface area contributed by atoms with Crippen LogP contribution in [0.4, 0.5) is 5.69 Å². The third kappa shape index (κ3) is 5.64. The zero-order chi connectivity index (χ0) is 21.5. The molecule has 0 unspecified atom stereocenters. The molecule has 0 saturated heterocycles. The maximum Gasteiger partial charge on any atom is 0.348 e. The lowest BCUT2D eigenvalue weighted by Gasteiger charge is -2.23. The van der Waals surface area contributed by atoms with E-state index in [0.717, 1.165) is 43.5 Å². The van der Waals surface area contributed by atoms with Gasteiger partial charge in [0.25, 0.3) is 0 Å². The van der Waals surface area contributed by atoms with Crippen molar-refractivity contribution in [1.29, 1.82) is 0 Å². The maximum absolute atomic E-state index is 12.7. The smallest absolute Gasteiger partial charge is 0.348 e. The summed E-state index contributed by atoms with van der Waals surface area (Å²) in [6.07, 6.45) is 3.96. The zero-order valence-electron chi connectivity index (χ0n) is 17.9. The molecule has 0 atom stereocenters. The van der Waals surface area contributed by atoms with E-state index >= 15 is 0 Å². The highest BCUT2D eigenvalue weighted by Gasteiger charge is 2.21. The summed E-state index contributed by atoms with van der Waals surface area (Å²) in [6.45, 7) is 3.87. The molecule has 1 amide bonds. The average Bonchev–Trinajstić information content (AvgIpc) is 2.73. The molecule has 0 aliphatic heterocycles. The number of rotatable bonds is 9. The minimum Gasteiger partial charge on any atom is -0.492 e. The monoisotopic (exact) mass is 430 g/mol. The van der Waals surface area contributed by atoms with E-state index < -0.39 is 0 Å². The summed E-state index contributed by atoms with van der Waals surface area (Å²) in [7, 11) is 3.99. The van der Waals surface area contributed by atoms with E-state index in [0.29, 0.717) is 29.6 Å². The van der Waals surface area contributed by atoms with Crippen molar-refractivity contribution < 1.29 is 9.53 Å². The highest BCUT2D eigenvalue weighted by Crippen LogP contribution is 2.29. The van der Waals surface area contributed by atoms with Gasteiger partial charge in [-0.05, 0) is 58.8 Å². The van der Waals surface area contributed by atoms with E-state index in [2.05, 4.69) is 15.2 Å². The van der Waals surface area contributed by atoms with Gasteiger partial charge in [-0.15, -0.1) is 0 Å². The molecule has 8 heteroatoms. The number of hydrogen-bond acceptors (Lipinski definition) is 6. The van der Waals surface area contributed by atoms with Crippen LogP contribution in [0.2, 0.25) is 0 Å². The molecule has 0 fully saturated rings. The minimum absolute atomic E-state index is 0.143. The van der Waals surface area contributed by atoms with Crippen LogP contribution in [-0.2, 0) is 24.2 Å². The Morgan fingerprint density at radius 2 is 2.03 bits per heavy atom. The largest absolute Gasteiger partial charge is 0.492 e. The Hall–Kier alpha value is -2.32. The lowest BCUT2D eigenvalue weighted by Crippen LogP contribution is -2.33. The molecule has 1 aliphatic carbocycles. The predicted molar refractivity (Wildman–Crippen MR) is 121 cm³/mol. The molecule has 162 valence electrons. The van der Waals surface area contributed by atoms with Crippen LogP contribution in [-0.4, -0.2) is 53.4 Å². The molecule has 7 nitrogen and oxygen atoms in total. The number of carbonyl (C=O) groups excluding carboxylic acids is 1. The first-order chi connectivity index (χ1) is 14.5. The topological polar surface area (TPSA) is 76.5 Å². The van der Waals surface area contributed by atoms with Crippen LogP contribution in [0.3, 0.4) is 0 Å². The van der Waals surface area contributed by atoms with Gasteiger partial charge >= 0.3 is 5.69 Å². The lowest BCUT2D eigenvalue weighted by atomic mass is 9.97. The number of thioether (sulfide) groups is 1. The number of carbonyl (C=O) groups is 1. The van der Waals surface area contributed by atoms with Gasteiger partial charge < -0.3 is 15.0 Å². The van der Waals surface area contributed by atoms with Crippen molar-refractivity contribution in [3.63, 3.8) is 0 Å². The quantitative estimate of drug-likeness (QED) is 0.487. The number of fused-ring (bicyclic) bond motifs is 1. The van der Waals surface area contributed by atoms with Gasteiger partial charge in [-0.1, -0.05) is 23.9 Å². The highest BCUT2D eigenvalue weighted by atomic mass is 32.2. The molecule has 0 saturated carbocycles. The molecule has 1 aromatic heterocycles. The number of benzene rings is 1. The fourth-order valence-electron chi connectivity index (χ4n) is 3.57. The third-order valence-corrected chi connectivity index (χ3v) is 6.04. The van der Waals surface area contributed by atoms with Crippen molar-refractivity contribution in [1.82, 2.24) is 14.5 Å². The number of nitrogens with zero attached hydrogens (tertiary/aromatic N) is 3. The van der Waals surface area contributed by atoms with E-state index in [4.69, 9.17) is 4.74 Å². The second-order valence-electron chi connectivity index (χ2n) is 7.55. The fraction of sp³-hybridized carbons (Fsp3) is 0.500. The van der Waals surface area contributed by atoms with Gasteiger partial charge in [0.2, 0.25) is 5.91 Å². The Balaban J connectivity index is 1.73. The van der Waals surface area contributed by atoms with Crippen LogP contribution < -0.4 is 15.7 Å². The molecule has 0 radical (unpaired) electrons. The Labute approximate surface area is 181 Å². The Kier molecular flexibility index (Phi) is 7.93. The number of likely N-dealkylation sites (N-methyl/N-ethyl adjacent to an activating group) is 1. The van der Waals surface area contributed by atoms with E-state index in [1.54, 1.807) is 0 Å². The molecule has 1 heterocycles. The number of amides is 1. The van der Waals surface area contributed by atoms with Crippen molar-refractivity contribution in [3.8, 4) is 5.75 Å². The van der Waals surface area contributed by atoms with Crippen LogP contribution in [0.5, 0.6) is 5.75 Å². The first kappa shape index (κ1) is 22.4. The van der Waals surface area contributed by atoms with Crippen molar-refractivity contribution in [2.75, 3.05) is 38.3 Å². The number of ether oxygens (including phenoxy) is 1. The molecular formula is C22H30N4O3S. The van der Waals surface area contributed by atoms with Gasteiger partial charge in [-0.25, -0.2) is 4.79 Å². The number of anilines is 1. The third-order valence-electron chi connectivity index (χ3n) is 5.02. The van der Waals surface area contributed by atoms with E-state index in [-0.39, 0.29) is 17.3 Å². The molecule has 1 aromatic carbocycles. The van der Waals surface area contributed by atoms with Gasteiger partial charge in [0.05, 0.1) is 18.0 Å². The molecular weight excluding hydrogens is 400 g/mol. The van der Waals surface area contributed by atoms with Crippen molar-refractivity contribution in [2.45, 2.75) is 44.2 Å². The Morgan fingerprint density at radius 3 is 2.80 bits per heavy atom. The predicted octanol–water partition coefficient (Wildman–Crippen LogP) is 2.81. The summed E-state index contributed by atoms with van der Waals surface area (Å²) < 4.78 is 7.38. The summed E-state index contributed by atoms with van der Waals surface area (Å²) in [5.41, 5.74) is 2.65. The standard InChI is InChI=1S/C22H30N4O3S/c1-4-29-19-12-8-6-10-17(19)23-20(27)15-30-21-16-9-5-7-11-18(16)26(22(28)24-21)14-13-25(2)3/h6,8,10,12H,4-5,7,9,11,13-15H2,1-3H3,(H,23,27). The van der Waals surface area contributed by atoms with Gasteiger partial charge in [-0.3, -0.25) is 9.36 Å². The van der Waals surface area contributed by atoms with Crippen molar-refractivity contribution in [2.24, 2.45) is 0 Å². The van der Waals surface area contributed by atoms with E-state index in [1.165, 1.54) is 11.8 Å². The van der Waals surface area contributed by atoms with Crippen LogP contribution >= 0.6 is 11.8 Å². The maximum atomic E-state index is 12.7. The highest BCUT2D eigenvalue weighted by molar-refractivity contribution is 8.00. The normalized spacial score (nSPS) is 13.2. The molecule has 30 heavy (non-hydrogen) atoms. The Morgan fingerprint density at radius 1 is 1.27 bits per heavy atom. The second kappa shape index (κ2) is 10.6. The minimum atomic E-state index is -0.220. The summed E-state index contributed by atoms with van der Waals surface area (Å²) in [5, 5.41) is 3.60. The average molecular weight is 431 g/mol. The van der Waals surface area contributed by atoms with Crippen LogP contribution in [0, 0.1) is 0 Å². The molecule has 0 bridgehead atoms. The number of para-hydroxylation sites is 2. The summed E-state index contributed by atoms with van der Waals surface area (Å²) >= 11 is 1.34.